The molecule has 2 aliphatic heterocycles. The summed E-state index contributed by atoms with van der Waals surface area (Å²) in [6.45, 7) is 8.71. The van der Waals surface area contributed by atoms with E-state index in [2.05, 4.69) is 28.9 Å². The maximum atomic E-state index is 5.77. The first-order valence-corrected chi connectivity index (χ1v) is 9.02. The number of rotatable bonds is 4. The SMILES string of the molecule is CCC1CC(N2CC3CN(Cc4ccc(N)cc4)CC3C2)C1. The van der Waals surface area contributed by atoms with Gasteiger partial charge in [-0.3, -0.25) is 9.80 Å². The highest BCUT2D eigenvalue weighted by atomic mass is 15.3. The van der Waals surface area contributed by atoms with Crippen molar-refractivity contribution in [3.8, 4) is 0 Å². The third-order valence-electron chi connectivity index (χ3n) is 6.28. The average Bonchev–Trinajstić information content (AvgIpc) is 2.98. The predicted octanol–water partition coefficient (Wildman–Crippen LogP) is 2.82. The van der Waals surface area contributed by atoms with Crippen LogP contribution in [0.5, 0.6) is 0 Å². The molecule has 3 heteroatoms. The lowest BCUT2D eigenvalue weighted by Crippen LogP contribution is -2.44. The lowest BCUT2D eigenvalue weighted by molar-refractivity contribution is 0.0858. The van der Waals surface area contributed by atoms with Crippen LogP contribution in [0.25, 0.3) is 0 Å². The highest BCUT2D eigenvalue weighted by Gasteiger charge is 2.44. The largest absolute Gasteiger partial charge is 0.399 e. The zero-order valence-electron chi connectivity index (χ0n) is 13.7. The number of nitrogen functional groups attached to an aromatic ring is 1. The first kappa shape index (κ1) is 14.5. The molecule has 0 aromatic heterocycles. The molecule has 1 aliphatic carbocycles. The summed E-state index contributed by atoms with van der Waals surface area (Å²) in [5.74, 6) is 2.84. The second-order valence-corrected chi connectivity index (χ2v) is 7.81. The Morgan fingerprint density at radius 3 is 2.23 bits per heavy atom. The van der Waals surface area contributed by atoms with Crippen LogP contribution in [0, 0.1) is 17.8 Å². The number of likely N-dealkylation sites (tertiary alicyclic amines) is 2. The van der Waals surface area contributed by atoms with E-state index in [-0.39, 0.29) is 0 Å². The zero-order chi connectivity index (χ0) is 15.1. The van der Waals surface area contributed by atoms with E-state index in [9.17, 15) is 0 Å². The minimum absolute atomic E-state index is 0.864. The monoisotopic (exact) mass is 299 g/mol. The molecule has 22 heavy (non-hydrogen) atoms. The van der Waals surface area contributed by atoms with Gasteiger partial charge in [0, 0.05) is 44.5 Å². The molecular weight excluding hydrogens is 270 g/mol. The van der Waals surface area contributed by atoms with Crippen LogP contribution in [-0.2, 0) is 6.54 Å². The molecule has 2 atom stereocenters. The Morgan fingerprint density at radius 1 is 1.00 bits per heavy atom. The molecule has 1 aromatic carbocycles. The van der Waals surface area contributed by atoms with E-state index >= 15 is 0 Å². The van der Waals surface area contributed by atoms with Crippen LogP contribution < -0.4 is 5.73 Å². The van der Waals surface area contributed by atoms with Crippen LogP contribution in [0.1, 0.15) is 31.7 Å². The van der Waals surface area contributed by atoms with E-state index < -0.39 is 0 Å². The topological polar surface area (TPSA) is 32.5 Å². The van der Waals surface area contributed by atoms with Crippen molar-refractivity contribution in [3.05, 3.63) is 29.8 Å². The van der Waals surface area contributed by atoms with Crippen molar-refractivity contribution in [2.45, 2.75) is 38.8 Å². The summed E-state index contributed by atoms with van der Waals surface area (Å²) in [5.41, 5.74) is 8.04. The van der Waals surface area contributed by atoms with Gasteiger partial charge in [0.2, 0.25) is 0 Å². The Bertz CT molecular complexity index is 492. The van der Waals surface area contributed by atoms with Gasteiger partial charge in [0.25, 0.3) is 0 Å². The number of anilines is 1. The second kappa shape index (κ2) is 5.86. The summed E-state index contributed by atoms with van der Waals surface area (Å²) in [6, 6.07) is 9.31. The summed E-state index contributed by atoms with van der Waals surface area (Å²) >= 11 is 0. The molecule has 2 saturated heterocycles. The molecule has 1 aromatic rings. The smallest absolute Gasteiger partial charge is 0.0314 e. The minimum Gasteiger partial charge on any atom is -0.399 e. The van der Waals surface area contributed by atoms with Crippen molar-refractivity contribution in [1.29, 1.82) is 0 Å². The third-order valence-corrected chi connectivity index (χ3v) is 6.28. The van der Waals surface area contributed by atoms with Gasteiger partial charge in [0.15, 0.2) is 0 Å². The summed E-state index contributed by atoms with van der Waals surface area (Å²) in [7, 11) is 0. The van der Waals surface area contributed by atoms with Crippen LogP contribution in [-0.4, -0.2) is 42.0 Å². The molecule has 3 nitrogen and oxygen atoms in total. The maximum absolute atomic E-state index is 5.77. The fraction of sp³-hybridized carbons (Fsp3) is 0.684. The molecule has 1 saturated carbocycles. The van der Waals surface area contributed by atoms with E-state index in [1.165, 1.54) is 51.0 Å². The van der Waals surface area contributed by atoms with Crippen LogP contribution in [0.4, 0.5) is 5.69 Å². The molecular formula is C19H29N3. The Morgan fingerprint density at radius 2 is 1.64 bits per heavy atom. The van der Waals surface area contributed by atoms with Gasteiger partial charge in [-0.1, -0.05) is 25.5 Å². The fourth-order valence-electron chi connectivity index (χ4n) is 4.77. The van der Waals surface area contributed by atoms with Gasteiger partial charge < -0.3 is 5.73 Å². The van der Waals surface area contributed by atoms with Crippen molar-refractivity contribution >= 4 is 5.69 Å². The molecule has 0 bridgehead atoms. The van der Waals surface area contributed by atoms with Gasteiger partial charge in [-0.15, -0.1) is 0 Å². The number of benzene rings is 1. The van der Waals surface area contributed by atoms with Gasteiger partial charge in [-0.25, -0.2) is 0 Å². The molecule has 0 radical (unpaired) electrons. The van der Waals surface area contributed by atoms with Gasteiger partial charge in [-0.2, -0.15) is 0 Å². The van der Waals surface area contributed by atoms with E-state index in [0.717, 1.165) is 36.0 Å². The normalized spacial score (nSPS) is 35.5. The van der Waals surface area contributed by atoms with Gasteiger partial charge in [-0.05, 0) is 48.3 Å². The number of fused-ring (bicyclic) bond motifs is 1. The Labute approximate surface area is 134 Å². The molecule has 2 unspecified atom stereocenters. The van der Waals surface area contributed by atoms with E-state index in [4.69, 9.17) is 5.73 Å². The first-order valence-electron chi connectivity index (χ1n) is 9.02. The third kappa shape index (κ3) is 2.77. The molecule has 2 heterocycles. The Hall–Kier alpha value is -1.06. The van der Waals surface area contributed by atoms with E-state index in [0.29, 0.717) is 0 Å². The molecule has 120 valence electrons. The summed E-state index contributed by atoms with van der Waals surface area (Å²) in [6.07, 6.45) is 4.31. The standard InChI is InChI=1S/C19H29N3/c1-2-14-7-19(8-14)22-12-16-10-21(11-17(16)13-22)9-15-3-5-18(20)6-4-15/h3-6,14,16-17,19H,2,7-13,20H2,1H3. The van der Waals surface area contributed by atoms with Crippen LogP contribution in [0.2, 0.25) is 0 Å². The number of hydrogen-bond acceptors (Lipinski definition) is 3. The van der Waals surface area contributed by atoms with Crippen LogP contribution in [0.15, 0.2) is 24.3 Å². The number of nitrogens with zero attached hydrogens (tertiary/aromatic N) is 2. The molecule has 4 rings (SSSR count). The highest BCUT2D eigenvalue weighted by Crippen LogP contribution is 2.40. The molecule has 2 N–H and O–H groups in total. The Kier molecular flexibility index (Phi) is 3.87. The summed E-state index contributed by atoms with van der Waals surface area (Å²) < 4.78 is 0. The van der Waals surface area contributed by atoms with Crippen molar-refractivity contribution in [1.82, 2.24) is 9.80 Å². The lowest BCUT2D eigenvalue weighted by Gasteiger charge is -2.41. The van der Waals surface area contributed by atoms with E-state index in [1.807, 2.05) is 12.1 Å². The summed E-state index contributed by atoms with van der Waals surface area (Å²) in [5, 5.41) is 0. The zero-order valence-corrected chi connectivity index (χ0v) is 13.7. The van der Waals surface area contributed by atoms with Crippen LogP contribution >= 0.6 is 0 Å². The maximum Gasteiger partial charge on any atom is 0.0314 e. The average molecular weight is 299 g/mol. The lowest BCUT2D eigenvalue weighted by atomic mass is 9.78. The quantitative estimate of drug-likeness (QED) is 0.868. The van der Waals surface area contributed by atoms with Gasteiger partial charge >= 0.3 is 0 Å². The highest BCUT2D eigenvalue weighted by molar-refractivity contribution is 5.39. The number of hydrogen-bond donors (Lipinski definition) is 1. The fourth-order valence-corrected chi connectivity index (χ4v) is 4.77. The second-order valence-electron chi connectivity index (χ2n) is 7.81. The molecule has 0 spiro atoms. The van der Waals surface area contributed by atoms with Crippen molar-refractivity contribution < 1.29 is 0 Å². The Balaban J connectivity index is 1.28. The first-order chi connectivity index (χ1) is 10.7. The van der Waals surface area contributed by atoms with E-state index in [1.54, 1.807) is 0 Å². The van der Waals surface area contributed by atoms with Crippen molar-refractivity contribution in [3.63, 3.8) is 0 Å². The number of nitrogens with two attached hydrogens (primary N) is 1. The van der Waals surface area contributed by atoms with Crippen molar-refractivity contribution in [2.24, 2.45) is 17.8 Å². The van der Waals surface area contributed by atoms with Crippen LogP contribution in [0.3, 0.4) is 0 Å². The van der Waals surface area contributed by atoms with Gasteiger partial charge in [0.1, 0.15) is 0 Å². The van der Waals surface area contributed by atoms with Gasteiger partial charge in [0.05, 0.1) is 0 Å². The minimum atomic E-state index is 0.864. The molecule has 0 amide bonds. The molecule has 3 fully saturated rings. The van der Waals surface area contributed by atoms with Crippen molar-refractivity contribution in [2.75, 3.05) is 31.9 Å². The molecule has 3 aliphatic rings. The predicted molar refractivity (Wildman–Crippen MR) is 91.5 cm³/mol. The summed E-state index contributed by atoms with van der Waals surface area (Å²) in [4.78, 5) is 5.45.